The van der Waals surface area contributed by atoms with Gasteiger partial charge >= 0.3 is 16.2 Å². The van der Waals surface area contributed by atoms with Crippen LogP contribution in [0.4, 0.5) is 5.69 Å². The van der Waals surface area contributed by atoms with Crippen molar-refractivity contribution in [3.63, 3.8) is 0 Å². The smallest absolute Gasteiger partial charge is 0.335 e. The first-order chi connectivity index (χ1) is 9.82. The predicted molar refractivity (Wildman–Crippen MR) is 80.7 cm³/mol. The Morgan fingerprint density at radius 3 is 2.48 bits per heavy atom. The molecular weight excluding hydrogens is 292 g/mol. The molecule has 1 aromatic rings. The molecule has 0 bridgehead atoms. The van der Waals surface area contributed by atoms with Crippen LogP contribution in [0.2, 0.25) is 0 Å². The molecule has 116 valence electrons. The minimum absolute atomic E-state index is 0.135. The molecule has 0 unspecified atom stereocenters. The lowest BCUT2D eigenvalue weighted by Gasteiger charge is -2.33. The molecule has 1 N–H and O–H groups in total. The molecule has 1 saturated heterocycles. The van der Waals surface area contributed by atoms with Gasteiger partial charge in [-0.15, -0.1) is 0 Å². The van der Waals surface area contributed by atoms with Crippen molar-refractivity contribution in [1.82, 2.24) is 4.31 Å². The highest BCUT2D eigenvalue weighted by Gasteiger charge is 2.30. The SMILES string of the molecule is C[C@@H]1CCCN(S(=O)(=O)N(C)c2ccc(C(=O)O)cc2)C1. The average molecular weight is 312 g/mol. The summed E-state index contributed by atoms with van der Waals surface area (Å²) in [6.45, 7) is 3.10. The summed E-state index contributed by atoms with van der Waals surface area (Å²) in [6, 6.07) is 5.83. The van der Waals surface area contributed by atoms with Crippen molar-refractivity contribution in [2.24, 2.45) is 5.92 Å². The normalized spacial score (nSPS) is 20.2. The summed E-state index contributed by atoms with van der Waals surface area (Å²) in [5, 5.41) is 8.87. The fourth-order valence-corrected chi connectivity index (χ4v) is 4.01. The quantitative estimate of drug-likeness (QED) is 0.919. The van der Waals surface area contributed by atoms with Gasteiger partial charge in [0.05, 0.1) is 11.3 Å². The zero-order valence-corrected chi connectivity index (χ0v) is 13.0. The number of carboxylic acids is 1. The van der Waals surface area contributed by atoms with Gasteiger partial charge in [0, 0.05) is 20.1 Å². The van der Waals surface area contributed by atoms with Crippen LogP contribution in [-0.2, 0) is 10.2 Å². The summed E-state index contributed by atoms with van der Waals surface area (Å²) < 4.78 is 27.9. The molecule has 6 nitrogen and oxygen atoms in total. The van der Waals surface area contributed by atoms with Crippen LogP contribution >= 0.6 is 0 Å². The molecule has 0 aliphatic carbocycles. The molecule has 0 amide bonds. The fourth-order valence-electron chi connectivity index (χ4n) is 2.48. The molecule has 0 spiro atoms. The Morgan fingerprint density at radius 2 is 1.95 bits per heavy atom. The van der Waals surface area contributed by atoms with Crippen LogP contribution < -0.4 is 4.31 Å². The van der Waals surface area contributed by atoms with Gasteiger partial charge in [0.15, 0.2) is 0 Å². The van der Waals surface area contributed by atoms with E-state index in [9.17, 15) is 13.2 Å². The number of nitrogens with zero attached hydrogens (tertiary/aromatic N) is 2. The zero-order chi connectivity index (χ0) is 15.6. The van der Waals surface area contributed by atoms with E-state index >= 15 is 0 Å². The van der Waals surface area contributed by atoms with Crippen LogP contribution in [0.5, 0.6) is 0 Å². The standard InChI is InChI=1S/C14H20N2O4S/c1-11-4-3-9-16(10-11)21(19,20)15(2)13-7-5-12(6-8-13)14(17)18/h5-8,11H,3-4,9-10H2,1-2H3,(H,17,18)/t11-/m1/s1. The Bertz CT molecular complexity index is 612. The van der Waals surface area contributed by atoms with E-state index in [0.29, 0.717) is 24.7 Å². The number of anilines is 1. The molecule has 7 heteroatoms. The zero-order valence-electron chi connectivity index (χ0n) is 12.2. The minimum atomic E-state index is -3.56. The monoisotopic (exact) mass is 312 g/mol. The molecular formula is C14H20N2O4S. The largest absolute Gasteiger partial charge is 0.478 e. The van der Waals surface area contributed by atoms with Crippen LogP contribution in [0.3, 0.4) is 0 Å². The van der Waals surface area contributed by atoms with E-state index in [1.165, 1.54) is 39.9 Å². The second kappa shape index (κ2) is 6.03. The van der Waals surface area contributed by atoms with Crippen LogP contribution in [-0.4, -0.2) is 43.9 Å². The second-order valence-electron chi connectivity index (χ2n) is 5.43. The molecule has 21 heavy (non-hydrogen) atoms. The second-order valence-corrected chi connectivity index (χ2v) is 7.39. The number of aromatic carboxylic acids is 1. The fraction of sp³-hybridized carbons (Fsp3) is 0.500. The number of rotatable bonds is 4. The number of carbonyl (C=O) groups is 1. The Balaban J connectivity index is 2.21. The lowest BCUT2D eigenvalue weighted by atomic mass is 10.0. The number of carboxylic acid groups (broad SMARTS) is 1. The van der Waals surface area contributed by atoms with Gasteiger partial charge in [0.2, 0.25) is 0 Å². The van der Waals surface area contributed by atoms with E-state index in [2.05, 4.69) is 0 Å². The maximum Gasteiger partial charge on any atom is 0.335 e. The number of hydrogen-bond donors (Lipinski definition) is 1. The van der Waals surface area contributed by atoms with E-state index in [1.54, 1.807) is 0 Å². The summed E-state index contributed by atoms with van der Waals surface area (Å²) >= 11 is 0. The number of piperidine rings is 1. The van der Waals surface area contributed by atoms with Crippen LogP contribution in [0.15, 0.2) is 24.3 Å². The summed E-state index contributed by atoms with van der Waals surface area (Å²) in [5.74, 6) is -0.673. The maximum absolute atomic E-state index is 12.6. The summed E-state index contributed by atoms with van der Waals surface area (Å²) in [4.78, 5) is 10.8. The summed E-state index contributed by atoms with van der Waals surface area (Å²) in [7, 11) is -2.07. The molecule has 1 aliphatic rings. The Hall–Kier alpha value is -1.60. The van der Waals surface area contributed by atoms with Crippen molar-refractivity contribution in [3.05, 3.63) is 29.8 Å². The third-order valence-electron chi connectivity index (χ3n) is 3.77. The highest BCUT2D eigenvalue weighted by Crippen LogP contribution is 2.24. The van der Waals surface area contributed by atoms with E-state index in [-0.39, 0.29) is 5.56 Å². The van der Waals surface area contributed by atoms with Gasteiger partial charge in [-0.1, -0.05) is 6.92 Å². The van der Waals surface area contributed by atoms with Crippen molar-refractivity contribution < 1.29 is 18.3 Å². The van der Waals surface area contributed by atoms with Crippen molar-refractivity contribution in [2.75, 3.05) is 24.4 Å². The van der Waals surface area contributed by atoms with Gasteiger partial charge in [0.1, 0.15) is 0 Å². The number of hydrogen-bond acceptors (Lipinski definition) is 3. The third-order valence-corrected chi connectivity index (χ3v) is 5.66. The molecule has 1 aromatic carbocycles. The Labute approximate surface area is 125 Å². The van der Waals surface area contributed by atoms with Gasteiger partial charge in [-0.25, -0.2) is 4.79 Å². The highest BCUT2D eigenvalue weighted by atomic mass is 32.2. The molecule has 1 heterocycles. The Morgan fingerprint density at radius 1 is 1.33 bits per heavy atom. The molecule has 0 radical (unpaired) electrons. The van der Waals surface area contributed by atoms with Crippen molar-refractivity contribution in [3.8, 4) is 0 Å². The molecule has 1 fully saturated rings. The third kappa shape index (κ3) is 3.36. The minimum Gasteiger partial charge on any atom is -0.478 e. The first-order valence-electron chi connectivity index (χ1n) is 6.89. The lowest BCUT2D eigenvalue weighted by molar-refractivity contribution is 0.0697. The molecule has 0 saturated carbocycles. The van der Waals surface area contributed by atoms with Gasteiger partial charge < -0.3 is 5.11 Å². The van der Waals surface area contributed by atoms with Gasteiger partial charge in [-0.05, 0) is 43.0 Å². The molecule has 1 aliphatic heterocycles. The predicted octanol–water partition coefficient (Wildman–Crippen LogP) is 1.80. The molecule has 1 atom stereocenters. The van der Waals surface area contributed by atoms with E-state index in [1.807, 2.05) is 6.92 Å². The van der Waals surface area contributed by atoms with Crippen LogP contribution in [0.25, 0.3) is 0 Å². The van der Waals surface area contributed by atoms with E-state index < -0.39 is 16.2 Å². The first-order valence-corrected chi connectivity index (χ1v) is 8.29. The summed E-state index contributed by atoms with van der Waals surface area (Å²) in [6.07, 6.45) is 1.91. The maximum atomic E-state index is 12.6. The lowest BCUT2D eigenvalue weighted by Crippen LogP contribution is -2.46. The van der Waals surface area contributed by atoms with Gasteiger partial charge in [-0.2, -0.15) is 12.7 Å². The molecule has 2 rings (SSSR count). The summed E-state index contributed by atoms with van der Waals surface area (Å²) in [5.41, 5.74) is 0.592. The number of benzene rings is 1. The van der Waals surface area contributed by atoms with Gasteiger partial charge in [-0.3, -0.25) is 4.31 Å². The van der Waals surface area contributed by atoms with E-state index in [0.717, 1.165) is 12.8 Å². The first kappa shape index (κ1) is 15.8. The van der Waals surface area contributed by atoms with Gasteiger partial charge in [0.25, 0.3) is 0 Å². The van der Waals surface area contributed by atoms with Crippen molar-refractivity contribution >= 4 is 21.9 Å². The van der Waals surface area contributed by atoms with Crippen molar-refractivity contribution in [1.29, 1.82) is 0 Å². The van der Waals surface area contributed by atoms with Crippen molar-refractivity contribution in [2.45, 2.75) is 19.8 Å². The Kier molecular flexibility index (Phi) is 4.53. The van der Waals surface area contributed by atoms with Crippen LogP contribution in [0.1, 0.15) is 30.1 Å². The molecule has 0 aromatic heterocycles. The average Bonchev–Trinajstić information content (AvgIpc) is 2.46. The highest BCUT2D eigenvalue weighted by molar-refractivity contribution is 7.90. The van der Waals surface area contributed by atoms with E-state index in [4.69, 9.17) is 5.11 Å². The van der Waals surface area contributed by atoms with Crippen LogP contribution in [0, 0.1) is 5.92 Å². The topological polar surface area (TPSA) is 77.9 Å².